The molecule has 0 aliphatic carbocycles. The van der Waals surface area contributed by atoms with Gasteiger partial charge in [0.2, 0.25) is 0 Å². The van der Waals surface area contributed by atoms with E-state index < -0.39 is 5.60 Å². The largest absolute Gasteiger partial charge is 0.384 e. The lowest BCUT2D eigenvalue weighted by Crippen LogP contribution is -2.31. The van der Waals surface area contributed by atoms with Crippen LogP contribution in [0, 0.1) is 6.92 Å². The normalized spacial score (nSPS) is 30.8. The summed E-state index contributed by atoms with van der Waals surface area (Å²) in [7, 11) is 0. The summed E-state index contributed by atoms with van der Waals surface area (Å²) >= 11 is 7.90. The third kappa shape index (κ3) is 1.91. The van der Waals surface area contributed by atoms with Gasteiger partial charge in [-0.05, 0) is 36.3 Å². The molecule has 1 nitrogen and oxygen atoms in total. The lowest BCUT2D eigenvalue weighted by atomic mass is 9.88. The number of benzene rings is 1. The Hall–Kier alpha value is -0.180. The number of halogens is 1. The molecule has 1 saturated heterocycles. The summed E-state index contributed by atoms with van der Waals surface area (Å²) in [6, 6.07) is 5.87. The van der Waals surface area contributed by atoms with E-state index in [2.05, 4.69) is 6.92 Å². The van der Waals surface area contributed by atoms with Crippen molar-refractivity contribution in [1.82, 2.24) is 0 Å². The van der Waals surface area contributed by atoms with Gasteiger partial charge in [0.25, 0.3) is 0 Å². The summed E-state index contributed by atoms with van der Waals surface area (Å²) < 4.78 is 0. The van der Waals surface area contributed by atoms with E-state index in [1.165, 1.54) is 0 Å². The van der Waals surface area contributed by atoms with E-state index >= 15 is 0 Å². The fourth-order valence-electron chi connectivity index (χ4n) is 1.97. The Labute approximate surface area is 99.8 Å². The molecule has 0 radical (unpaired) electrons. The van der Waals surface area contributed by atoms with Crippen LogP contribution in [0.1, 0.15) is 24.5 Å². The van der Waals surface area contributed by atoms with E-state index in [1.807, 2.05) is 36.9 Å². The van der Waals surface area contributed by atoms with Gasteiger partial charge in [0, 0.05) is 10.3 Å². The van der Waals surface area contributed by atoms with E-state index in [0.717, 1.165) is 28.3 Å². The van der Waals surface area contributed by atoms with Gasteiger partial charge < -0.3 is 5.11 Å². The maximum absolute atomic E-state index is 10.6. The molecule has 0 aromatic heterocycles. The van der Waals surface area contributed by atoms with E-state index in [1.54, 1.807) is 0 Å². The van der Waals surface area contributed by atoms with Crippen LogP contribution in [-0.2, 0) is 5.60 Å². The molecule has 2 rings (SSSR count). The molecule has 1 fully saturated rings. The second-order valence-corrected chi connectivity index (χ2v) is 6.01. The zero-order chi connectivity index (χ0) is 11.1. The minimum atomic E-state index is -0.692. The number of hydrogen-bond donors (Lipinski definition) is 1. The average molecular weight is 243 g/mol. The number of rotatable bonds is 1. The fraction of sp³-hybridized carbons (Fsp3) is 0.500. The highest BCUT2D eigenvalue weighted by Gasteiger charge is 2.40. The van der Waals surface area contributed by atoms with Crippen molar-refractivity contribution < 1.29 is 5.11 Å². The van der Waals surface area contributed by atoms with Gasteiger partial charge in [-0.25, -0.2) is 0 Å². The second-order valence-electron chi connectivity index (χ2n) is 4.15. The summed E-state index contributed by atoms with van der Waals surface area (Å²) in [6.07, 6.45) is 0.818. The molecule has 0 spiro atoms. The monoisotopic (exact) mass is 242 g/mol. The number of thioether (sulfide) groups is 1. The van der Waals surface area contributed by atoms with Crippen LogP contribution in [-0.4, -0.2) is 16.1 Å². The van der Waals surface area contributed by atoms with Crippen LogP contribution in [0.4, 0.5) is 0 Å². The Kier molecular flexibility index (Phi) is 3.02. The van der Waals surface area contributed by atoms with Crippen LogP contribution in [0.25, 0.3) is 0 Å². The first kappa shape index (κ1) is 11.3. The molecule has 1 aliphatic rings. The Balaban J connectivity index is 2.40. The summed E-state index contributed by atoms with van der Waals surface area (Å²) in [4.78, 5) is 0. The van der Waals surface area contributed by atoms with Crippen molar-refractivity contribution in [2.75, 3.05) is 5.75 Å². The molecule has 1 aromatic carbocycles. The van der Waals surface area contributed by atoms with E-state index in [4.69, 9.17) is 11.6 Å². The number of aliphatic hydroxyl groups is 1. The predicted octanol–water partition coefficient (Wildman–Crippen LogP) is 3.36. The lowest BCUT2D eigenvalue weighted by Gasteiger charge is -2.27. The van der Waals surface area contributed by atoms with Gasteiger partial charge in [0.1, 0.15) is 5.60 Å². The smallest absolute Gasteiger partial charge is 0.102 e. The van der Waals surface area contributed by atoms with Crippen LogP contribution in [0.2, 0.25) is 5.02 Å². The first-order chi connectivity index (χ1) is 7.04. The third-order valence-electron chi connectivity index (χ3n) is 3.20. The SMILES string of the molecule is Cc1ccc(C2(O)CCSC2C)cc1Cl. The van der Waals surface area contributed by atoms with E-state index in [-0.39, 0.29) is 5.25 Å². The molecule has 15 heavy (non-hydrogen) atoms. The van der Waals surface area contributed by atoms with Gasteiger partial charge in [-0.15, -0.1) is 0 Å². The Morgan fingerprint density at radius 1 is 1.53 bits per heavy atom. The lowest BCUT2D eigenvalue weighted by molar-refractivity contribution is 0.0427. The van der Waals surface area contributed by atoms with Crippen LogP contribution >= 0.6 is 23.4 Å². The second kappa shape index (κ2) is 4.00. The van der Waals surface area contributed by atoms with Crippen molar-refractivity contribution in [1.29, 1.82) is 0 Å². The fourth-order valence-corrected chi connectivity index (χ4v) is 3.47. The highest BCUT2D eigenvalue weighted by atomic mass is 35.5. The molecular formula is C12H15ClOS. The zero-order valence-electron chi connectivity index (χ0n) is 8.96. The van der Waals surface area contributed by atoms with Gasteiger partial charge in [-0.2, -0.15) is 11.8 Å². The summed E-state index contributed by atoms with van der Waals surface area (Å²) in [5.41, 5.74) is 1.32. The molecule has 0 bridgehead atoms. The number of hydrogen-bond acceptors (Lipinski definition) is 2. The van der Waals surface area contributed by atoms with Gasteiger partial charge in [-0.3, -0.25) is 0 Å². The third-order valence-corrected chi connectivity index (χ3v) is 4.93. The van der Waals surface area contributed by atoms with Crippen LogP contribution in [0.15, 0.2) is 18.2 Å². The standard InChI is InChI=1S/C12H15ClOS/c1-8-3-4-10(7-11(8)13)12(14)5-6-15-9(12)2/h3-4,7,9,14H,5-6H2,1-2H3. The molecule has 2 unspecified atom stereocenters. The van der Waals surface area contributed by atoms with Crippen molar-refractivity contribution in [3.63, 3.8) is 0 Å². The van der Waals surface area contributed by atoms with Crippen molar-refractivity contribution in [2.24, 2.45) is 0 Å². The van der Waals surface area contributed by atoms with Crippen molar-refractivity contribution in [3.8, 4) is 0 Å². The van der Waals surface area contributed by atoms with E-state index in [0.29, 0.717) is 0 Å². The minimum Gasteiger partial charge on any atom is -0.384 e. The Bertz CT molecular complexity index is 380. The molecule has 2 atom stereocenters. The molecule has 1 N–H and O–H groups in total. The molecule has 1 aliphatic heterocycles. The summed E-state index contributed by atoms with van der Waals surface area (Å²) in [5.74, 6) is 1.02. The average Bonchev–Trinajstić information content (AvgIpc) is 2.53. The maximum Gasteiger partial charge on any atom is 0.102 e. The molecular weight excluding hydrogens is 228 g/mol. The molecule has 1 heterocycles. The van der Waals surface area contributed by atoms with E-state index in [9.17, 15) is 5.11 Å². The Morgan fingerprint density at radius 2 is 2.27 bits per heavy atom. The molecule has 0 saturated carbocycles. The highest BCUT2D eigenvalue weighted by Crippen LogP contribution is 2.43. The first-order valence-corrected chi connectivity index (χ1v) is 6.57. The summed E-state index contributed by atoms with van der Waals surface area (Å²) in [6.45, 7) is 4.05. The number of aryl methyl sites for hydroxylation is 1. The van der Waals surface area contributed by atoms with Crippen LogP contribution in [0.5, 0.6) is 0 Å². The summed E-state index contributed by atoms with van der Waals surface area (Å²) in [5, 5.41) is 11.6. The zero-order valence-corrected chi connectivity index (χ0v) is 10.5. The van der Waals surface area contributed by atoms with Gasteiger partial charge in [-0.1, -0.05) is 30.7 Å². The topological polar surface area (TPSA) is 20.2 Å². The highest BCUT2D eigenvalue weighted by molar-refractivity contribution is 8.00. The molecule has 82 valence electrons. The van der Waals surface area contributed by atoms with Gasteiger partial charge >= 0.3 is 0 Å². The van der Waals surface area contributed by atoms with Crippen molar-refractivity contribution in [2.45, 2.75) is 31.1 Å². The Morgan fingerprint density at radius 3 is 2.80 bits per heavy atom. The quantitative estimate of drug-likeness (QED) is 0.815. The molecule has 3 heteroatoms. The first-order valence-electron chi connectivity index (χ1n) is 5.14. The molecule has 1 aromatic rings. The van der Waals surface area contributed by atoms with Crippen molar-refractivity contribution >= 4 is 23.4 Å². The molecule has 0 amide bonds. The van der Waals surface area contributed by atoms with Crippen LogP contribution < -0.4 is 0 Å². The van der Waals surface area contributed by atoms with Crippen LogP contribution in [0.3, 0.4) is 0 Å². The maximum atomic E-state index is 10.6. The van der Waals surface area contributed by atoms with Crippen molar-refractivity contribution in [3.05, 3.63) is 34.3 Å². The minimum absolute atomic E-state index is 0.247. The predicted molar refractivity (Wildman–Crippen MR) is 66.6 cm³/mol. The van der Waals surface area contributed by atoms with Gasteiger partial charge in [0.05, 0.1) is 0 Å². The van der Waals surface area contributed by atoms with Gasteiger partial charge in [0.15, 0.2) is 0 Å².